The Kier molecular flexibility index (Phi) is 7.09. The smallest absolute Gasteiger partial charge is 0.321 e. The first kappa shape index (κ1) is 18.6. The van der Waals surface area contributed by atoms with Crippen LogP contribution in [0.1, 0.15) is 10.4 Å². The van der Waals surface area contributed by atoms with Crippen molar-refractivity contribution in [3.8, 4) is 0 Å². The van der Waals surface area contributed by atoms with Crippen LogP contribution in [-0.4, -0.2) is 31.1 Å². The van der Waals surface area contributed by atoms with Crippen molar-refractivity contribution in [2.75, 3.05) is 13.2 Å². The van der Waals surface area contributed by atoms with E-state index in [1.54, 1.807) is 17.4 Å². The number of thiophene rings is 1. The van der Waals surface area contributed by atoms with Crippen molar-refractivity contribution in [2.24, 2.45) is 0 Å². The highest BCUT2D eigenvalue weighted by Gasteiger charge is 2.12. The van der Waals surface area contributed by atoms with Gasteiger partial charge in [-0.1, -0.05) is 24.3 Å². The molecule has 0 atom stereocenters. The molecular formula is C17H17FN2O4S. The Morgan fingerprint density at radius 2 is 1.92 bits per heavy atom. The SMILES string of the molecule is O=C(COC(=O)Cc1ccccc1F)NC(=O)NCCc1cccs1. The zero-order valence-electron chi connectivity index (χ0n) is 13.3. The molecule has 1 aromatic heterocycles. The average molecular weight is 364 g/mol. The van der Waals surface area contributed by atoms with E-state index in [9.17, 15) is 18.8 Å². The zero-order chi connectivity index (χ0) is 18.1. The van der Waals surface area contributed by atoms with E-state index in [0.717, 1.165) is 4.88 Å². The third kappa shape index (κ3) is 6.72. The lowest BCUT2D eigenvalue weighted by atomic mass is 10.1. The first-order valence-corrected chi connectivity index (χ1v) is 8.41. The molecule has 0 saturated heterocycles. The number of nitrogens with one attached hydrogen (secondary N) is 2. The number of benzene rings is 1. The van der Waals surface area contributed by atoms with Crippen LogP contribution in [0.3, 0.4) is 0 Å². The maximum absolute atomic E-state index is 13.4. The summed E-state index contributed by atoms with van der Waals surface area (Å²) in [4.78, 5) is 35.8. The van der Waals surface area contributed by atoms with Crippen molar-refractivity contribution in [1.29, 1.82) is 0 Å². The average Bonchev–Trinajstić information content (AvgIpc) is 3.08. The first-order chi connectivity index (χ1) is 12.0. The number of hydrogen-bond donors (Lipinski definition) is 2. The molecule has 1 heterocycles. The minimum Gasteiger partial charge on any atom is -0.455 e. The molecule has 0 aliphatic rings. The van der Waals surface area contributed by atoms with Crippen molar-refractivity contribution >= 4 is 29.2 Å². The van der Waals surface area contributed by atoms with Gasteiger partial charge in [0.15, 0.2) is 6.61 Å². The Labute approximate surface area is 148 Å². The summed E-state index contributed by atoms with van der Waals surface area (Å²) in [5, 5.41) is 6.53. The molecule has 8 heteroatoms. The van der Waals surface area contributed by atoms with Crippen LogP contribution in [0, 0.1) is 5.82 Å². The van der Waals surface area contributed by atoms with Gasteiger partial charge in [0.1, 0.15) is 5.82 Å². The molecule has 0 unspecified atom stereocenters. The lowest BCUT2D eigenvalue weighted by Crippen LogP contribution is -2.42. The Morgan fingerprint density at radius 1 is 1.12 bits per heavy atom. The Hall–Kier alpha value is -2.74. The zero-order valence-corrected chi connectivity index (χ0v) is 14.1. The number of halogens is 1. The summed E-state index contributed by atoms with van der Waals surface area (Å²) in [5.74, 6) is -2.03. The maximum Gasteiger partial charge on any atom is 0.321 e. The summed E-state index contributed by atoms with van der Waals surface area (Å²) in [6, 6.07) is 9.00. The van der Waals surface area contributed by atoms with Crippen molar-refractivity contribution in [1.82, 2.24) is 10.6 Å². The fourth-order valence-corrected chi connectivity index (χ4v) is 2.66. The summed E-state index contributed by atoms with van der Waals surface area (Å²) in [5.41, 5.74) is 0.180. The summed E-state index contributed by atoms with van der Waals surface area (Å²) in [6.07, 6.45) is 0.379. The molecule has 0 radical (unpaired) electrons. The topological polar surface area (TPSA) is 84.5 Å². The van der Waals surface area contributed by atoms with Crippen LogP contribution in [0.15, 0.2) is 41.8 Å². The number of rotatable bonds is 7. The van der Waals surface area contributed by atoms with Crippen LogP contribution in [0.2, 0.25) is 0 Å². The number of esters is 1. The number of ether oxygens (including phenoxy) is 1. The predicted octanol–water partition coefficient (Wildman–Crippen LogP) is 2.04. The van der Waals surface area contributed by atoms with E-state index >= 15 is 0 Å². The van der Waals surface area contributed by atoms with E-state index in [1.807, 2.05) is 17.5 Å². The van der Waals surface area contributed by atoms with Crippen LogP contribution in [-0.2, 0) is 27.2 Å². The van der Waals surface area contributed by atoms with Crippen molar-refractivity contribution in [2.45, 2.75) is 12.8 Å². The Morgan fingerprint density at radius 3 is 2.64 bits per heavy atom. The summed E-state index contributed by atoms with van der Waals surface area (Å²) < 4.78 is 18.1. The van der Waals surface area contributed by atoms with E-state index in [2.05, 4.69) is 10.6 Å². The third-order valence-electron chi connectivity index (χ3n) is 3.15. The molecular weight excluding hydrogens is 347 g/mol. The van der Waals surface area contributed by atoms with Gasteiger partial charge in [-0.25, -0.2) is 9.18 Å². The first-order valence-electron chi connectivity index (χ1n) is 7.53. The summed E-state index contributed by atoms with van der Waals surface area (Å²) in [6.45, 7) is -0.224. The van der Waals surface area contributed by atoms with Crippen LogP contribution >= 0.6 is 11.3 Å². The second kappa shape index (κ2) is 9.53. The van der Waals surface area contributed by atoms with Gasteiger partial charge < -0.3 is 10.1 Å². The molecule has 2 rings (SSSR count). The molecule has 6 nitrogen and oxygen atoms in total. The van der Waals surface area contributed by atoms with Crippen molar-refractivity contribution < 1.29 is 23.5 Å². The fraction of sp³-hybridized carbons (Fsp3) is 0.235. The number of imide groups is 1. The molecule has 25 heavy (non-hydrogen) atoms. The largest absolute Gasteiger partial charge is 0.455 e. The standard InChI is InChI=1S/C17H17FN2O4S/c18-14-6-2-1-4-12(14)10-16(22)24-11-15(21)20-17(23)19-8-7-13-5-3-9-25-13/h1-6,9H,7-8,10-11H2,(H2,19,20,21,23). The van der Waals surface area contributed by atoms with Gasteiger partial charge in [-0.05, 0) is 29.5 Å². The highest BCUT2D eigenvalue weighted by molar-refractivity contribution is 7.09. The number of carbonyl (C=O) groups is 3. The second-order valence-corrected chi connectivity index (χ2v) is 6.09. The Balaban J connectivity index is 1.63. The van der Waals surface area contributed by atoms with Crippen LogP contribution in [0.4, 0.5) is 9.18 Å². The van der Waals surface area contributed by atoms with Gasteiger partial charge in [0, 0.05) is 11.4 Å². The number of urea groups is 1. The van der Waals surface area contributed by atoms with Crippen LogP contribution in [0.5, 0.6) is 0 Å². The molecule has 3 amide bonds. The van der Waals surface area contributed by atoms with E-state index in [0.29, 0.717) is 13.0 Å². The maximum atomic E-state index is 13.4. The monoisotopic (exact) mass is 364 g/mol. The molecule has 0 saturated carbocycles. The van der Waals surface area contributed by atoms with Gasteiger partial charge in [-0.2, -0.15) is 0 Å². The number of hydrogen-bond acceptors (Lipinski definition) is 5. The molecule has 0 bridgehead atoms. The third-order valence-corrected chi connectivity index (χ3v) is 4.08. The molecule has 0 aliphatic heterocycles. The molecule has 0 spiro atoms. The number of carbonyl (C=O) groups excluding carboxylic acids is 3. The molecule has 2 aromatic rings. The van der Waals surface area contributed by atoms with E-state index in [-0.39, 0.29) is 12.0 Å². The van der Waals surface area contributed by atoms with E-state index in [4.69, 9.17) is 4.74 Å². The normalized spacial score (nSPS) is 10.1. The van der Waals surface area contributed by atoms with Gasteiger partial charge in [0.25, 0.3) is 5.91 Å². The number of amides is 3. The molecule has 1 aromatic carbocycles. The molecule has 2 N–H and O–H groups in total. The van der Waals surface area contributed by atoms with Gasteiger partial charge >= 0.3 is 12.0 Å². The Bertz CT molecular complexity index is 734. The summed E-state index contributed by atoms with van der Waals surface area (Å²) in [7, 11) is 0. The quantitative estimate of drug-likeness (QED) is 0.737. The second-order valence-electron chi connectivity index (χ2n) is 5.06. The predicted molar refractivity (Wildman–Crippen MR) is 90.6 cm³/mol. The molecule has 132 valence electrons. The lowest BCUT2D eigenvalue weighted by Gasteiger charge is -2.07. The van der Waals surface area contributed by atoms with Crippen LogP contribution in [0.25, 0.3) is 0 Å². The van der Waals surface area contributed by atoms with Crippen molar-refractivity contribution in [3.63, 3.8) is 0 Å². The minimum absolute atomic E-state index is 0.180. The van der Waals surface area contributed by atoms with Gasteiger partial charge in [-0.15, -0.1) is 11.3 Å². The molecule has 0 fully saturated rings. The van der Waals surface area contributed by atoms with E-state index in [1.165, 1.54) is 18.2 Å². The highest BCUT2D eigenvalue weighted by atomic mass is 32.1. The van der Waals surface area contributed by atoms with Crippen molar-refractivity contribution in [3.05, 3.63) is 58.0 Å². The fourth-order valence-electron chi connectivity index (χ4n) is 1.96. The van der Waals surface area contributed by atoms with Gasteiger partial charge in [-0.3, -0.25) is 14.9 Å². The summed E-state index contributed by atoms with van der Waals surface area (Å²) >= 11 is 1.58. The van der Waals surface area contributed by atoms with Gasteiger partial charge in [0.2, 0.25) is 0 Å². The molecule has 0 aliphatic carbocycles. The lowest BCUT2D eigenvalue weighted by molar-refractivity contribution is -0.147. The van der Waals surface area contributed by atoms with Gasteiger partial charge in [0.05, 0.1) is 6.42 Å². The van der Waals surface area contributed by atoms with E-state index < -0.39 is 30.3 Å². The van der Waals surface area contributed by atoms with Crippen LogP contribution < -0.4 is 10.6 Å². The minimum atomic E-state index is -0.754. The highest BCUT2D eigenvalue weighted by Crippen LogP contribution is 2.08.